The normalized spacial score (nSPS) is 10.0. The SMILES string of the molecule is COc1cc(OC)cc(Oc2cccc(Br)c2C(N)=S)c1. The van der Waals surface area contributed by atoms with Crippen LogP contribution in [0.4, 0.5) is 0 Å². The smallest absolute Gasteiger partial charge is 0.138 e. The lowest BCUT2D eigenvalue weighted by molar-refractivity contribution is 0.386. The fourth-order valence-corrected chi connectivity index (χ4v) is 2.70. The highest BCUT2D eigenvalue weighted by Crippen LogP contribution is 2.34. The Morgan fingerprint density at radius 2 is 1.62 bits per heavy atom. The summed E-state index contributed by atoms with van der Waals surface area (Å²) in [5.74, 6) is 2.40. The third-order valence-corrected chi connectivity index (χ3v) is 3.64. The highest BCUT2D eigenvalue weighted by atomic mass is 79.9. The quantitative estimate of drug-likeness (QED) is 0.812. The van der Waals surface area contributed by atoms with E-state index in [1.54, 1.807) is 38.5 Å². The summed E-state index contributed by atoms with van der Waals surface area (Å²) in [6.45, 7) is 0. The van der Waals surface area contributed by atoms with Crippen molar-refractivity contribution in [2.75, 3.05) is 14.2 Å². The van der Waals surface area contributed by atoms with Crippen molar-refractivity contribution in [3.8, 4) is 23.0 Å². The van der Waals surface area contributed by atoms with E-state index in [1.807, 2.05) is 12.1 Å². The molecule has 2 N–H and O–H groups in total. The molecular formula is C15H14BrNO3S. The molecule has 2 aromatic rings. The summed E-state index contributed by atoms with van der Waals surface area (Å²) in [6.07, 6.45) is 0. The van der Waals surface area contributed by atoms with Crippen molar-refractivity contribution >= 4 is 33.1 Å². The summed E-state index contributed by atoms with van der Waals surface area (Å²) in [5, 5.41) is 0. The maximum Gasteiger partial charge on any atom is 0.138 e. The number of benzene rings is 2. The molecule has 0 atom stereocenters. The molecule has 21 heavy (non-hydrogen) atoms. The Labute approximate surface area is 136 Å². The second-order valence-corrected chi connectivity index (χ2v) is 5.42. The molecule has 0 radical (unpaired) electrons. The van der Waals surface area contributed by atoms with Crippen molar-refractivity contribution in [1.29, 1.82) is 0 Å². The van der Waals surface area contributed by atoms with Gasteiger partial charge in [-0.3, -0.25) is 0 Å². The Hall–Kier alpha value is -1.79. The minimum Gasteiger partial charge on any atom is -0.496 e. The van der Waals surface area contributed by atoms with Crippen LogP contribution in [0.2, 0.25) is 0 Å². The number of rotatable bonds is 5. The molecule has 110 valence electrons. The summed E-state index contributed by atoms with van der Waals surface area (Å²) in [4.78, 5) is 0.257. The van der Waals surface area contributed by atoms with E-state index in [0.717, 1.165) is 4.47 Å². The predicted molar refractivity (Wildman–Crippen MR) is 89.6 cm³/mol. The van der Waals surface area contributed by atoms with Crippen molar-refractivity contribution in [3.63, 3.8) is 0 Å². The maximum atomic E-state index is 5.88. The van der Waals surface area contributed by atoms with Gasteiger partial charge in [-0.25, -0.2) is 0 Å². The van der Waals surface area contributed by atoms with Gasteiger partial charge in [0.05, 0.1) is 19.8 Å². The zero-order valence-corrected chi connectivity index (χ0v) is 14.0. The summed E-state index contributed by atoms with van der Waals surface area (Å²) in [7, 11) is 3.16. The molecule has 4 nitrogen and oxygen atoms in total. The molecule has 2 aromatic carbocycles. The van der Waals surface area contributed by atoms with E-state index >= 15 is 0 Å². The van der Waals surface area contributed by atoms with Gasteiger partial charge in [-0.15, -0.1) is 0 Å². The first-order valence-electron chi connectivity index (χ1n) is 6.04. The second kappa shape index (κ2) is 6.78. The van der Waals surface area contributed by atoms with Gasteiger partial charge >= 0.3 is 0 Å². The molecule has 0 fully saturated rings. The molecule has 6 heteroatoms. The summed E-state index contributed by atoms with van der Waals surface area (Å²) in [5.41, 5.74) is 6.40. The van der Waals surface area contributed by atoms with Crippen LogP contribution in [0.5, 0.6) is 23.0 Å². The van der Waals surface area contributed by atoms with Gasteiger partial charge in [0.25, 0.3) is 0 Å². The number of hydrogen-bond donors (Lipinski definition) is 1. The monoisotopic (exact) mass is 367 g/mol. The fraction of sp³-hybridized carbons (Fsp3) is 0.133. The highest BCUT2D eigenvalue weighted by Gasteiger charge is 2.12. The average Bonchev–Trinajstić information content (AvgIpc) is 2.46. The minimum atomic E-state index is 0.257. The van der Waals surface area contributed by atoms with Gasteiger partial charge in [0.1, 0.15) is 28.0 Å². The molecule has 0 spiro atoms. The Balaban J connectivity index is 2.43. The number of halogens is 1. The predicted octanol–water partition coefficient (Wildman–Crippen LogP) is 3.89. The van der Waals surface area contributed by atoms with Crippen molar-refractivity contribution in [2.24, 2.45) is 5.73 Å². The third-order valence-electron chi connectivity index (χ3n) is 2.77. The minimum absolute atomic E-state index is 0.257. The molecular weight excluding hydrogens is 354 g/mol. The van der Waals surface area contributed by atoms with E-state index in [2.05, 4.69) is 15.9 Å². The number of thiocarbonyl (C=S) groups is 1. The topological polar surface area (TPSA) is 53.7 Å². The first-order chi connectivity index (χ1) is 10.0. The lowest BCUT2D eigenvalue weighted by Crippen LogP contribution is -2.11. The Bertz CT molecular complexity index is 654. The van der Waals surface area contributed by atoms with Crippen molar-refractivity contribution in [3.05, 3.63) is 46.4 Å². The van der Waals surface area contributed by atoms with E-state index in [4.69, 9.17) is 32.2 Å². The van der Waals surface area contributed by atoms with E-state index < -0.39 is 0 Å². The number of nitrogens with two attached hydrogens (primary N) is 1. The van der Waals surface area contributed by atoms with Gasteiger partial charge in [-0.05, 0) is 28.1 Å². The van der Waals surface area contributed by atoms with Crippen LogP contribution in [0.3, 0.4) is 0 Å². The molecule has 0 saturated carbocycles. The van der Waals surface area contributed by atoms with Crippen LogP contribution in [0.15, 0.2) is 40.9 Å². The first kappa shape index (κ1) is 15.6. The van der Waals surface area contributed by atoms with E-state index in [1.165, 1.54) is 0 Å². The van der Waals surface area contributed by atoms with Gasteiger partial charge in [0.2, 0.25) is 0 Å². The van der Waals surface area contributed by atoms with Gasteiger partial charge in [0, 0.05) is 22.7 Å². The fourth-order valence-electron chi connectivity index (χ4n) is 1.80. The van der Waals surface area contributed by atoms with Crippen LogP contribution in [-0.4, -0.2) is 19.2 Å². The zero-order valence-electron chi connectivity index (χ0n) is 11.6. The largest absolute Gasteiger partial charge is 0.496 e. The Morgan fingerprint density at radius 3 is 2.14 bits per heavy atom. The van der Waals surface area contributed by atoms with Gasteiger partial charge < -0.3 is 19.9 Å². The van der Waals surface area contributed by atoms with Crippen LogP contribution < -0.4 is 19.9 Å². The third kappa shape index (κ3) is 3.65. The molecule has 0 aromatic heterocycles. The van der Waals surface area contributed by atoms with E-state index in [9.17, 15) is 0 Å². The van der Waals surface area contributed by atoms with E-state index in [-0.39, 0.29) is 4.99 Å². The summed E-state index contributed by atoms with van der Waals surface area (Å²) < 4.78 is 17.1. The van der Waals surface area contributed by atoms with Crippen LogP contribution in [-0.2, 0) is 0 Å². The standard InChI is InChI=1S/C15H14BrNO3S/c1-18-9-6-10(19-2)8-11(7-9)20-13-5-3-4-12(16)14(13)15(17)21/h3-8H,1-2H3,(H2,17,21). The van der Waals surface area contributed by atoms with Crippen molar-refractivity contribution in [2.45, 2.75) is 0 Å². The van der Waals surface area contributed by atoms with E-state index in [0.29, 0.717) is 28.6 Å². The maximum absolute atomic E-state index is 5.88. The van der Waals surface area contributed by atoms with Gasteiger partial charge in [-0.1, -0.05) is 18.3 Å². The van der Waals surface area contributed by atoms with Crippen molar-refractivity contribution < 1.29 is 14.2 Å². The second-order valence-electron chi connectivity index (χ2n) is 4.13. The number of ether oxygens (including phenoxy) is 3. The molecule has 0 aliphatic rings. The number of methoxy groups -OCH3 is 2. The van der Waals surface area contributed by atoms with Crippen molar-refractivity contribution in [1.82, 2.24) is 0 Å². The van der Waals surface area contributed by atoms with Crippen LogP contribution >= 0.6 is 28.1 Å². The number of hydrogen-bond acceptors (Lipinski definition) is 4. The zero-order chi connectivity index (χ0) is 15.4. The molecule has 0 bridgehead atoms. The highest BCUT2D eigenvalue weighted by molar-refractivity contribution is 9.10. The molecule has 2 rings (SSSR count). The lowest BCUT2D eigenvalue weighted by Gasteiger charge is -2.13. The summed E-state index contributed by atoms with van der Waals surface area (Å²) in [6, 6.07) is 10.8. The molecule has 0 amide bonds. The van der Waals surface area contributed by atoms with Crippen LogP contribution in [0.25, 0.3) is 0 Å². The lowest BCUT2D eigenvalue weighted by atomic mass is 10.2. The Morgan fingerprint density at radius 1 is 1.05 bits per heavy atom. The van der Waals surface area contributed by atoms with Gasteiger partial charge in [0.15, 0.2) is 0 Å². The molecule has 0 unspecified atom stereocenters. The molecule has 0 aliphatic carbocycles. The van der Waals surface area contributed by atoms with Crippen LogP contribution in [0.1, 0.15) is 5.56 Å². The average molecular weight is 368 g/mol. The first-order valence-corrected chi connectivity index (χ1v) is 7.24. The molecule has 0 saturated heterocycles. The summed E-state index contributed by atoms with van der Waals surface area (Å²) >= 11 is 8.49. The van der Waals surface area contributed by atoms with Crippen LogP contribution in [0, 0.1) is 0 Å². The Kier molecular flexibility index (Phi) is 5.03. The van der Waals surface area contributed by atoms with Gasteiger partial charge in [-0.2, -0.15) is 0 Å². The molecule has 0 heterocycles. The molecule has 0 aliphatic heterocycles.